The minimum Gasteiger partial charge on any atom is -0.229 e. The van der Waals surface area contributed by atoms with E-state index in [-0.39, 0.29) is 16.3 Å². The van der Waals surface area contributed by atoms with E-state index in [4.69, 9.17) is 0 Å². The zero-order valence-electron chi connectivity index (χ0n) is 17.0. The molecule has 1 amide bonds. The molecule has 3 heteroatoms. The van der Waals surface area contributed by atoms with Gasteiger partial charge in [-0.3, -0.25) is 0 Å². The highest BCUT2D eigenvalue weighted by Crippen LogP contribution is 2.50. The van der Waals surface area contributed by atoms with Gasteiger partial charge < -0.3 is 0 Å². The van der Waals surface area contributed by atoms with Gasteiger partial charge in [0.15, 0.2) is 0 Å². The maximum atomic E-state index is 14.1. The number of carbonyl (C=O) groups excluding carboxylic acids is 1. The number of halogens is 1. The molecule has 0 saturated heterocycles. The molecule has 2 aromatic rings. The van der Waals surface area contributed by atoms with Crippen molar-refractivity contribution in [2.24, 2.45) is 0 Å². The molecule has 2 aromatic carbocycles. The summed E-state index contributed by atoms with van der Waals surface area (Å²) < 4.78 is 0.489. The Balaban J connectivity index is 1.96. The summed E-state index contributed by atoms with van der Waals surface area (Å²) in [6.45, 7) is 5.39. The zero-order valence-corrected chi connectivity index (χ0v) is 18.6. The highest BCUT2D eigenvalue weighted by Gasteiger charge is 2.57. The number of hydrogen-bond donors (Lipinski definition) is 0. The highest BCUT2D eigenvalue weighted by molar-refractivity contribution is 9.10. The molecule has 0 N–H and O–H groups in total. The number of benzene rings is 2. The molecule has 2 nitrogen and oxygen atoms in total. The second-order valence-electron chi connectivity index (χ2n) is 8.75. The van der Waals surface area contributed by atoms with Crippen LogP contribution in [0.4, 0.5) is 5.69 Å². The van der Waals surface area contributed by atoms with Gasteiger partial charge in [0.1, 0.15) is 16.1 Å². The summed E-state index contributed by atoms with van der Waals surface area (Å²) in [4.78, 5) is 13.9. The number of nitrogens with zero attached hydrogens (tertiary/aromatic N) is 1. The molecule has 1 aliphatic heterocycles. The number of alkyl halides is 1. The SMILES string of the molecule is CC[N+]1(C2(C)CCCCC2)C(=O)C(Br)CC(c2ccccc2)c2ccccc21. The van der Waals surface area contributed by atoms with Gasteiger partial charge in [0, 0.05) is 24.3 Å². The third-order valence-corrected chi connectivity index (χ3v) is 8.10. The van der Waals surface area contributed by atoms with Crippen molar-refractivity contribution in [1.29, 1.82) is 0 Å². The minimum atomic E-state index is -0.135. The van der Waals surface area contributed by atoms with E-state index >= 15 is 0 Å². The standard InChI is InChI=1S/C25H31BrNO/c1-3-27(25(2)16-10-5-11-17-25)23-15-9-8-14-20(23)21(18-22(26)24(27)28)19-12-6-4-7-13-19/h4,6-9,12-15,21-22H,3,5,10-11,16-18H2,1-2H3/q+1. The maximum Gasteiger partial charge on any atom is 0.332 e. The average molecular weight is 441 g/mol. The fraction of sp³-hybridized carbons (Fsp3) is 0.480. The molecule has 1 heterocycles. The summed E-state index contributed by atoms with van der Waals surface area (Å²) in [5.74, 6) is 0.585. The average Bonchev–Trinajstić information content (AvgIpc) is 2.83. The quantitative estimate of drug-likeness (QED) is 0.389. The Bertz CT molecular complexity index is 843. The zero-order chi connectivity index (χ0) is 19.8. The normalized spacial score (nSPS) is 29.8. The smallest absolute Gasteiger partial charge is 0.229 e. The van der Waals surface area contributed by atoms with Crippen molar-refractivity contribution in [1.82, 2.24) is 4.48 Å². The van der Waals surface area contributed by atoms with Crippen molar-refractivity contribution in [3.63, 3.8) is 0 Å². The molecule has 1 saturated carbocycles. The first-order valence-corrected chi connectivity index (χ1v) is 11.7. The summed E-state index contributed by atoms with van der Waals surface area (Å²) in [6.07, 6.45) is 6.80. The summed E-state index contributed by atoms with van der Waals surface area (Å²) in [7, 11) is 0. The van der Waals surface area contributed by atoms with Crippen LogP contribution < -0.4 is 4.48 Å². The first kappa shape index (κ1) is 19.8. The number of amides is 1. The Morgan fingerprint density at radius 1 is 1.00 bits per heavy atom. The van der Waals surface area contributed by atoms with Gasteiger partial charge in [-0.15, -0.1) is 0 Å². The third-order valence-electron chi connectivity index (χ3n) is 7.34. The van der Waals surface area contributed by atoms with Crippen LogP contribution in [0.1, 0.15) is 69.4 Å². The Labute approximate surface area is 177 Å². The van der Waals surface area contributed by atoms with Crippen LogP contribution >= 0.6 is 15.9 Å². The predicted molar refractivity (Wildman–Crippen MR) is 121 cm³/mol. The number of quaternary nitrogens is 1. The van der Waals surface area contributed by atoms with Crippen LogP contribution in [0.15, 0.2) is 54.6 Å². The summed E-state index contributed by atoms with van der Waals surface area (Å²) in [5.41, 5.74) is 3.84. The lowest BCUT2D eigenvalue weighted by Crippen LogP contribution is -2.69. The molecule has 2 aliphatic rings. The van der Waals surface area contributed by atoms with E-state index in [2.05, 4.69) is 84.4 Å². The molecule has 0 bridgehead atoms. The van der Waals surface area contributed by atoms with Gasteiger partial charge in [0.25, 0.3) is 0 Å². The lowest BCUT2D eigenvalue weighted by atomic mass is 9.78. The van der Waals surface area contributed by atoms with Crippen LogP contribution in [0.25, 0.3) is 0 Å². The monoisotopic (exact) mass is 440 g/mol. The highest BCUT2D eigenvalue weighted by atomic mass is 79.9. The molecule has 3 unspecified atom stereocenters. The molecular formula is C25H31BrNO+. The fourth-order valence-corrected chi connectivity index (χ4v) is 6.61. The van der Waals surface area contributed by atoms with Crippen LogP contribution in [0.3, 0.4) is 0 Å². The molecule has 0 aromatic heterocycles. The third kappa shape index (κ3) is 2.98. The largest absolute Gasteiger partial charge is 0.332 e. The van der Waals surface area contributed by atoms with Gasteiger partial charge in [-0.05, 0) is 44.7 Å². The van der Waals surface area contributed by atoms with Crippen molar-refractivity contribution in [3.8, 4) is 0 Å². The number of carbonyl (C=O) groups is 1. The van der Waals surface area contributed by atoms with Crippen molar-refractivity contribution >= 4 is 27.5 Å². The Kier molecular flexibility index (Phi) is 5.50. The van der Waals surface area contributed by atoms with Crippen LogP contribution in [0, 0.1) is 0 Å². The molecule has 0 spiro atoms. The summed E-state index contributed by atoms with van der Waals surface area (Å²) >= 11 is 3.84. The Morgan fingerprint density at radius 2 is 1.64 bits per heavy atom. The van der Waals surface area contributed by atoms with E-state index in [1.165, 1.54) is 36.1 Å². The Hall–Kier alpha value is -1.45. The summed E-state index contributed by atoms with van der Waals surface area (Å²) in [5, 5.41) is 0. The molecule has 28 heavy (non-hydrogen) atoms. The second-order valence-corrected chi connectivity index (χ2v) is 9.85. The van der Waals surface area contributed by atoms with Crippen molar-refractivity contribution < 1.29 is 4.79 Å². The van der Waals surface area contributed by atoms with Gasteiger partial charge in [0.05, 0.1) is 6.54 Å². The van der Waals surface area contributed by atoms with Crippen molar-refractivity contribution in [3.05, 3.63) is 65.7 Å². The van der Waals surface area contributed by atoms with Gasteiger partial charge in [-0.25, -0.2) is 9.28 Å². The minimum absolute atomic E-state index is 0.0300. The number of para-hydroxylation sites is 1. The van der Waals surface area contributed by atoms with Crippen molar-refractivity contribution in [2.45, 2.75) is 68.7 Å². The lowest BCUT2D eigenvalue weighted by molar-refractivity contribution is -0.136. The van der Waals surface area contributed by atoms with Gasteiger partial charge in [-0.1, -0.05) is 70.9 Å². The molecule has 1 fully saturated rings. The van der Waals surface area contributed by atoms with E-state index in [1.54, 1.807) is 0 Å². The fourth-order valence-electron chi connectivity index (χ4n) is 5.88. The van der Waals surface area contributed by atoms with E-state index in [0.717, 1.165) is 25.8 Å². The lowest BCUT2D eigenvalue weighted by Gasteiger charge is -2.51. The van der Waals surface area contributed by atoms with E-state index in [1.807, 2.05) is 0 Å². The molecule has 4 rings (SSSR count). The van der Waals surface area contributed by atoms with Gasteiger partial charge >= 0.3 is 5.91 Å². The van der Waals surface area contributed by atoms with E-state index < -0.39 is 0 Å². The molecule has 148 valence electrons. The molecule has 1 aliphatic carbocycles. The first-order valence-electron chi connectivity index (χ1n) is 10.7. The molecule has 3 atom stereocenters. The van der Waals surface area contributed by atoms with Gasteiger partial charge in [-0.2, -0.15) is 0 Å². The first-order chi connectivity index (χ1) is 13.5. The van der Waals surface area contributed by atoms with E-state index in [9.17, 15) is 4.79 Å². The van der Waals surface area contributed by atoms with Crippen LogP contribution in [-0.4, -0.2) is 22.8 Å². The number of hydrogen-bond acceptors (Lipinski definition) is 1. The predicted octanol–water partition coefficient (Wildman–Crippen LogP) is 6.56. The second kappa shape index (κ2) is 7.76. The number of fused-ring (bicyclic) bond motifs is 1. The topological polar surface area (TPSA) is 17.1 Å². The summed E-state index contributed by atoms with van der Waals surface area (Å²) in [6, 6.07) is 19.5. The number of rotatable bonds is 3. The van der Waals surface area contributed by atoms with Gasteiger partial charge in [0.2, 0.25) is 0 Å². The van der Waals surface area contributed by atoms with Crippen LogP contribution in [-0.2, 0) is 4.79 Å². The van der Waals surface area contributed by atoms with Crippen LogP contribution in [0.5, 0.6) is 0 Å². The Morgan fingerprint density at radius 3 is 2.32 bits per heavy atom. The molecular weight excluding hydrogens is 410 g/mol. The maximum absolute atomic E-state index is 14.1. The van der Waals surface area contributed by atoms with Crippen molar-refractivity contribution in [2.75, 3.05) is 6.54 Å². The van der Waals surface area contributed by atoms with Crippen LogP contribution in [0.2, 0.25) is 0 Å². The van der Waals surface area contributed by atoms with E-state index in [0.29, 0.717) is 10.4 Å². The molecule has 0 radical (unpaired) electrons.